The van der Waals surface area contributed by atoms with Crippen molar-refractivity contribution in [3.05, 3.63) is 53.8 Å². The van der Waals surface area contributed by atoms with Crippen molar-refractivity contribution in [3.8, 4) is 0 Å². The van der Waals surface area contributed by atoms with E-state index in [-0.39, 0.29) is 11.4 Å². The summed E-state index contributed by atoms with van der Waals surface area (Å²) >= 11 is 0. The van der Waals surface area contributed by atoms with Crippen LogP contribution in [0.2, 0.25) is 0 Å². The molecule has 0 fully saturated rings. The van der Waals surface area contributed by atoms with Crippen molar-refractivity contribution in [3.63, 3.8) is 0 Å². The number of rotatable bonds is 3. The number of carboxylic acid groups (broad SMARTS) is 1. The van der Waals surface area contributed by atoms with Gasteiger partial charge in [0.2, 0.25) is 5.95 Å². The van der Waals surface area contributed by atoms with Crippen LogP contribution in [0.1, 0.15) is 10.4 Å². The molecule has 3 rings (SSSR count). The third-order valence-electron chi connectivity index (χ3n) is 2.86. The van der Waals surface area contributed by atoms with Crippen LogP contribution in [0.15, 0.2) is 42.5 Å². The highest BCUT2D eigenvalue weighted by Gasteiger charge is 2.08. The summed E-state index contributed by atoms with van der Waals surface area (Å²) in [6.45, 7) is 0. The Bertz CT molecular complexity index is 798. The number of H-pyrrole nitrogens is 1. The number of carboxylic acids is 1. The minimum absolute atomic E-state index is 0.165. The molecule has 0 aliphatic heterocycles. The first kappa shape index (κ1) is 12.2. The molecule has 100 valence electrons. The number of nitrogens with one attached hydrogen (secondary N) is 2. The predicted molar refractivity (Wildman–Crippen MR) is 72.7 cm³/mol. The molecule has 3 N–H and O–H groups in total. The summed E-state index contributed by atoms with van der Waals surface area (Å²) in [5.74, 6) is -1.04. The van der Waals surface area contributed by atoms with E-state index in [1.54, 1.807) is 24.3 Å². The number of aromatic amines is 1. The van der Waals surface area contributed by atoms with Crippen molar-refractivity contribution in [1.82, 2.24) is 9.97 Å². The number of para-hydroxylation sites is 1. The average Bonchev–Trinajstić information content (AvgIpc) is 2.82. The quantitative estimate of drug-likeness (QED) is 0.683. The van der Waals surface area contributed by atoms with Crippen molar-refractivity contribution in [2.45, 2.75) is 0 Å². The van der Waals surface area contributed by atoms with Gasteiger partial charge in [0, 0.05) is 0 Å². The Morgan fingerprint density at radius 3 is 2.80 bits per heavy atom. The number of benzene rings is 2. The Morgan fingerprint density at radius 1 is 1.25 bits per heavy atom. The van der Waals surface area contributed by atoms with Gasteiger partial charge in [-0.05, 0) is 30.3 Å². The van der Waals surface area contributed by atoms with Crippen LogP contribution in [-0.4, -0.2) is 21.0 Å². The number of nitrogens with zero attached hydrogens (tertiary/aromatic N) is 1. The third-order valence-corrected chi connectivity index (χ3v) is 2.86. The summed E-state index contributed by atoms with van der Waals surface area (Å²) in [4.78, 5) is 18.0. The molecule has 3 aromatic rings. The van der Waals surface area contributed by atoms with Crippen LogP contribution in [0, 0.1) is 5.82 Å². The van der Waals surface area contributed by atoms with Crippen molar-refractivity contribution < 1.29 is 14.3 Å². The number of anilines is 2. The van der Waals surface area contributed by atoms with Crippen LogP contribution in [0.25, 0.3) is 11.0 Å². The molecule has 0 atom stereocenters. The Hall–Kier alpha value is -2.89. The monoisotopic (exact) mass is 271 g/mol. The normalized spacial score (nSPS) is 10.7. The molecule has 1 aromatic heterocycles. The van der Waals surface area contributed by atoms with Crippen molar-refractivity contribution in [1.29, 1.82) is 0 Å². The largest absolute Gasteiger partial charge is 0.478 e. The number of imidazole rings is 1. The standard InChI is InChI=1S/C14H10FN3O2/c15-9-3-1-2-4-10(9)16-14-17-11-6-5-8(13(19)20)7-12(11)18-14/h1-7H,(H,19,20)(H2,16,17,18). The molecule has 1 heterocycles. The van der Waals surface area contributed by atoms with Crippen molar-refractivity contribution >= 4 is 28.6 Å². The number of hydrogen-bond donors (Lipinski definition) is 3. The lowest BCUT2D eigenvalue weighted by molar-refractivity contribution is 0.0697. The topological polar surface area (TPSA) is 78.0 Å². The minimum atomic E-state index is -1.01. The van der Waals surface area contributed by atoms with E-state index in [1.165, 1.54) is 18.2 Å². The zero-order valence-corrected chi connectivity index (χ0v) is 10.2. The van der Waals surface area contributed by atoms with Crippen LogP contribution >= 0.6 is 0 Å². The van der Waals surface area contributed by atoms with E-state index < -0.39 is 5.97 Å². The lowest BCUT2D eigenvalue weighted by Crippen LogP contribution is -1.95. The number of carbonyl (C=O) groups is 1. The maximum Gasteiger partial charge on any atom is 0.335 e. The molecule has 0 amide bonds. The van der Waals surface area contributed by atoms with E-state index in [2.05, 4.69) is 15.3 Å². The Kier molecular flexibility index (Phi) is 2.83. The second-order valence-electron chi connectivity index (χ2n) is 4.23. The molecule has 0 saturated heterocycles. The smallest absolute Gasteiger partial charge is 0.335 e. The second-order valence-corrected chi connectivity index (χ2v) is 4.23. The van der Waals surface area contributed by atoms with Gasteiger partial charge >= 0.3 is 5.97 Å². The number of aromatic nitrogens is 2. The fraction of sp³-hybridized carbons (Fsp3) is 0. The van der Waals surface area contributed by atoms with Crippen LogP contribution in [0.5, 0.6) is 0 Å². The number of aromatic carboxylic acids is 1. The number of fused-ring (bicyclic) bond motifs is 1. The van der Waals surface area contributed by atoms with E-state index in [9.17, 15) is 9.18 Å². The summed E-state index contributed by atoms with van der Waals surface area (Å²) in [6.07, 6.45) is 0. The first-order valence-corrected chi connectivity index (χ1v) is 5.88. The molecule has 2 aromatic carbocycles. The Morgan fingerprint density at radius 2 is 2.05 bits per heavy atom. The second kappa shape index (κ2) is 4.65. The van der Waals surface area contributed by atoms with Crippen LogP contribution in [0.3, 0.4) is 0 Å². The first-order chi connectivity index (χ1) is 9.63. The van der Waals surface area contributed by atoms with E-state index in [4.69, 9.17) is 5.11 Å². The van der Waals surface area contributed by atoms with Gasteiger partial charge in [0.1, 0.15) is 5.82 Å². The summed E-state index contributed by atoms with van der Waals surface area (Å²) in [6, 6.07) is 10.8. The molecule has 0 spiro atoms. The molecule has 6 heteroatoms. The maximum absolute atomic E-state index is 13.5. The molecule has 20 heavy (non-hydrogen) atoms. The average molecular weight is 271 g/mol. The fourth-order valence-corrected chi connectivity index (χ4v) is 1.89. The van der Waals surface area contributed by atoms with E-state index in [0.717, 1.165) is 0 Å². The predicted octanol–water partition coefficient (Wildman–Crippen LogP) is 3.14. The van der Waals surface area contributed by atoms with Crippen molar-refractivity contribution in [2.75, 3.05) is 5.32 Å². The molecule has 0 bridgehead atoms. The molecule has 5 nitrogen and oxygen atoms in total. The summed E-state index contributed by atoms with van der Waals surface area (Å²) in [5.41, 5.74) is 1.64. The van der Waals surface area contributed by atoms with Gasteiger partial charge in [-0.15, -0.1) is 0 Å². The number of hydrogen-bond acceptors (Lipinski definition) is 3. The Balaban J connectivity index is 1.97. The van der Waals surface area contributed by atoms with Gasteiger partial charge in [0.15, 0.2) is 0 Å². The van der Waals surface area contributed by atoms with E-state index >= 15 is 0 Å². The van der Waals surface area contributed by atoms with E-state index in [0.29, 0.717) is 22.7 Å². The van der Waals surface area contributed by atoms with Crippen LogP contribution in [0.4, 0.5) is 16.0 Å². The van der Waals surface area contributed by atoms with Crippen LogP contribution in [-0.2, 0) is 0 Å². The Labute approximate surface area is 113 Å². The van der Waals surface area contributed by atoms with Gasteiger partial charge in [-0.3, -0.25) is 0 Å². The zero-order chi connectivity index (χ0) is 14.1. The highest BCUT2D eigenvalue weighted by atomic mass is 19.1. The summed E-state index contributed by atoms with van der Waals surface area (Å²) < 4.78 is 13.5. The van der Waals surface area contributed by atoms with Gasteiger partial charge in [-0.25, -0.2) is 14.2 Å². The first-order valence-electron chi connectivity index (χ1n) is 5.88. The van der Waals surface area contributed by atoms with Gasteiger partial charge in [0.05, 0.1) is 22.3 Å². The zero-order valence-electron chi connectivity index (χ0n) is 10.2. The van der Waals surface area contributed by atoms with Gasteiger partial charge in [-0.1, -0.05) is 12.1 Å². The molecule has 0 aliphatic carbocycles. The van der Waals surface area contributed by atoms with E-state index in [1.807, 2.05) is 0 Å². The molecular weight excluding hydrogens is 261 g/mol. The summed E-state index contributed by atoms with van der Waals surface area (Å²) in [7, 11) is 0. The minimum Gasteiger partial charge on any atom is -0.478 e. The van der Waals surface area contributed by atoms with Gasteiger partial charge < -0.3 is 15.4 Å². The summed E-state index contributed by atoms with van der Waals surface area (Å²) in [5, 5.41) is 11.7. The third kappa shape index (κ3) is 2.18. The van der Waals surface area contributed by atoms with Crippen LogP contribution < -0.4 is 5.32 Å². The number of halogens is 1. The highest BCUT2D eigenvalue weighted by molar-refractivity contribution is 5.92. The fourth-order valence-electron chi connectivity index (χ4n) is 1.89. The highest BCUT2D eigenvalue weighted by Crippen LogP contribution is 2.21. The molecule has 0 aliphatic rings. The lowest BCUT2D eigenvalue weighted by Gasteiger charge is -2.02. The van der Waals surface area contributed by atoms with Crippen molar-refractivity contribution in [2.24, 2.45) is 0 Å². The molecule has 0 radical (unpaired) electrons. The molecular formula is C14H10FN3O2. The van der Waals surface area contributed by atoms with Gasteiger partial charge in [-0.2, -0.15) is 0 Å². The molecule has 0 unspecified atom stereocenters. The van der Waals surface area contributed by atoms with Gasteiger partial charge in [0.25, 0.3) is 0 Å². The SMILES string of the molecule is O=C(O)c1ccc2nc(Nc3ccccc3F)[nH]c2c1. The molecule has 0 saturated carbocycles. The maximum atomic E-state index is 13.5. The lowest BCUT2D eigenvalue weighted by atomic mass is 10.2.